The summed E-state index contributed by atoms with van der Waals surface area (Å²) in [6, 6.07) is 4.30. The number of ether oxygens (including phenoxy) is 1. The summed E-state index contributed by atoms with van der Waals surface area (Å²) in [4.78, 5) is 23.6. The van der Waals surface area contributed by atoms with Gasteiger partial charge in [-0.25, -0.2) is 9.18 Å². The lowest BCUT2D eigenvalue weighted by atomic mass is 10.1. The normalized spacial score (nSPS) is 10.6. The zero-order chi connectivity index (χ0) is 13.3. The van der Waals surface area contributed by atoms with Crippen LogP contribution in [0.4, 0.5) is 4.39 Å². The number of ketones is 1. The molecule has 2 rings (SSSR count). The zero-order valence-electron chi connectivity index (χ0n) is 9.95. The Morgan fingerprint density at radius 1 is 1.39 bits per heavy atom. The highest BCUT2D eigenvalue weighted by molar-refractivity contribution is 7.21. The van der Waals surface area contributed by atoms with Crippen molar-refractivity contribution in [2.75, 3.05) is 6.61 Å². The summed E-state index contributed by atoms with van der Waals surface area (Å²) in [5.41, 5.74) is 0.618. The van der Waals surface area contributed by atoms with Gasteiger partial charge in [0, 0.05) is 4.70 Å². The van der Waals surface area contributed by atoms with Crippen LogP contribution in [0, 0.1) is 12.7 Å². The maximum atomic E-state index is 13.1. The molecule has 18 heavy (non-hydrogen) atoms. The molecular formula is C13H11FO3S. The molecule has 0 aliphatic rings. The maximum absolute atomic E-state index is 13.1. The van der Waals surface area contributed by atoms with Crippen LogP contribution in [0.3, 0.4) is 0 Å². The summed E-state index contributed by atoms with van der Waals surface area (Å²) in [7, 11) is 0. The third kappa shape index (κ3) is 2.13. The van der Waals surface area contributed by atoms with E-state index in [0.717, 1.165) is 4.70 Å². The van der Waals surface area contributed by atoms with Crippen LogP contribution in [0.25, 0.3) is 10.1 Å². The van der Waals surface area contributed by atoms with Crippen molar-refractivity contribution >= 4 is 33.2 Å². The summed E-state index contributed by atoms with van der Waals surface area (Å²) in [6.45, 7) is 3.49. The van der Waals surface area contributed by atoms with E-state index in [-0.39, 0.29) is 12.4 Å². The van der Waals surface area contributed by atoms with Crippen molar-refractivity contribution in [3.05, 3.63) is 34.5 Å². The lowest BCUT2D eigenvalue weighted by molar-refractivity contribution is -0.137. The molecule has 0 fully saturated rings. The fourth-order valence-electron chi connectivity index (χ4n) is 1.70. The minimum absolute atomic E-state index is 0.156. The van der Waals surface area contributed by atoms with Gasteiger partial charge in [0.1, 0.15) is 5.82 Å². The van der Waals surface area contributed by atoms with Crippen LogP contribution in [-0.2, 0) is 9.53 Å². The Balaban J connectivity index is 2.49. The van der Waals surface area contributed by atoms with Crippen molar-refractivity contribution in [1.82, 2.24) is 0 Å². The van der Waals surface area contributed by atoms with Crippen LogP contribution in [0.1, 0.15) is 22.2 Å². The molecule has 3 nitrogen and oxygen atoms in total. The molecule has 1 aromatic heterocycles. The van der Waals surface area contributed by atoms with E-state index in [0.29, 0.717) is 15.8 Å². The van der Waals surface area contributed by atoms with Gasteiger partial charge in [-0.1, -0.05) is 0 Å². The SMILES string of the molecule is CCOC(=O)C(=O)c1sc2ccc(F)cc2c1C. The summed E-state index contributed by atoms with van der Waals surface area (Å²) in [5.74, 6) is -1.90. The van der Waals surface area contributed by atoms with Gasteiger partial charge in [0.2, 0.25) is 0 Å². The van der Waals surface area contributed by atoms with Crippen molar-refractivity contribution in [2.45, 2.75) is 13.8 Å². The summed E-state index contributed by atoms with van der Waals surface area (Å²) in [6.07, 6.45) is 0. The number of hydrogen-bond acceptors (Lipinski definition) is 4. The van der Waals surface area contributed by atoms with Gasteiger partial charge in [-0.2, -0.15) is 0 Å². The van der Waals surface area contributed by atoms with Crippen molar-refractivity contribution in [2.24, 2.45) is 0 Å². The molecule has 0 N–H and O–H groups in total. The lowest BCUT2D eigenvalue weighted by Crippen LogP contribution is -2.17. The Labute approximate surface area is 107 Å². The lowest BCUT2D eigenvalue weighted by Gasteiger charge is -1.99. The van der Waals surface area contributed by atoms with Crippen LogP contribution < -0.4 is 0 Å². The predicted octanol–water partition coefficient (Wildman–Crippen LogP) is 3.09. The second kappa shape index (κ2) is 4.86. The molecule has 1 aromatic carbocycles. The van der Waals surface area contributed by atoms with E-state index in [2.05, 4.69) is 4.74 Å². The fourth-order valence-corrected chi connectivity index (χ4v) is 2.82. The molecule has 0 atom stereocenters. The molecule has 0 saturated carbocycles. The number of hydrogen-bond donors (Lipinski definition) is 0. The number of rotatable bonds is 3. The quantitative estimate of drug-likeness (QED) is 0.487. The Morgan fingerprint density at radius 3 is 2.78 bits per heavy atom. The molecular weight excluding hydrogens is 255 g/mol. The van der Waals surface area contributed by atoms with Crippen LogP contribution in [0.5, 0.6) is 0 Å². The summed E-state index contributed by atoms with van der Waals surface area (Å²) < 4.78 is 18.6. The second-order valence-corrected chi connectivity index (χ2v) is 4.80. The molecule has 0 aliphatic heterocycles. The van der Waals surface area contributed by atoms with Crippen LogP contribution in [-0.4, -0.2) is 18.4 Å². The second-order valence-electron chi connectivity index (χ2n) is 3.75. The molecule has 0 aliphatic carbocycles. The zero-order valence-corrected chi connectivity index (χ0v) is 10.8. The van der Waals surface area contributed by atoms with Crippen molar-refractivity contribution < 1.29 is 18.7 Å². The van der Waals surface area contributed by atoms with E-state index < -0.39 is 11.8 Å². The highest BCUT2D eigenvalue weighted by Crippen LogP contribution is 2.31. The van der Waals surface area contributed by atoms with Crippen LogP contribution in [0.2, 0.25) is 0 Å². The third-order valence-electron chi connectivity index (χ3n) is 2.57. The topological polar surface area (TPSA) is 43.4 Å². The van der Waals surface area contributed by atoms with Gasteiger partial charge in [-0.15, -0.1) is 11.3 Å². The van der Waals surface area contributed by atoms with Crippen LogP contribution >= 0.6 is 11.3 Å². The molecule has 5 heteroatoms. The number of fused-ring (bicyclic) bond motifs is 1. The third-order valence-corrected chi connectivity index (χ3v) is 3.84. The number of carbonyl (C=O) groups excluding carboxylic acids is 2. The first kappa shape index (κ1) is 12.7. The monoisotopic (exact) mass is 266 g/mol. The molecule has 0 amide bonds. The van der Waals surface area contributed by atoms with Gasteiger partial charge in [0.15, 0.2) is 0 Å². The van der Waals surface area contributed by atoms with Crippen molar-refractivity contribution in [3.8, 4) is 0 Å². The molecule has 0 unspecified atom stereocenters. The molecule has 94 valence electrons. The number of esters is 1. The van der Waals surface area contributed by atoms with E-state index in [4.69, 9.17) is 0 Å². The van der Waals surface area contributed by atoms with Gasteiger partial charge in [0.05, 0.1) is 11.5 Å². The first-order chi connectivity index (χ1) is 8.54. The number of Topliss-reactive ketones (excluding diaryl/α,β-unsaturated/α-hetero) is 1. The molecule has 0 spiro atoms. The van der Waals surface area contributed by atoms with Crippen molar-refractivity contribution in [1.29, 1.82) is 0 Å². The minimum Gasteiger partial charge on any atom is -0.460 e. The molecule has 0 radical (unpaired) electrons. The highest BCUT2D eigenvalue weighted by Gasteiger charge is 2.23. The molecule has 0 bridgehead atoms. The fraction of sp³-hybridized carbons (Fsp3) is 0.231. The van der Waals surface area contributed by atoms with Gasteiger partial charge in [-0.3, -0.25) is 4.79 Å². The van der Waals surface area contributed by atoms with E-state index in [9.17, 15) is 14.0 Å². The molecule has 1 heterocycles. The standard InChI is InChI=1S/C13H11FO3S/c1-3-17-13(16)11(15)12-7(2)9-6-8(14)4-5-10(9)18-12/h4-6H,3H2,1-2H3. The average Bonchev–Trinajstić information content (AvgIpc) is 2.66. The van der Waals surface area contributed by atoms with Crippen molar-refractivity contribution in [3.63, 3.8) is 0 Å². The van der Waals surface area contributed by atoms with Gasteiger partial charge in [-0.05, 0) is 43.0 Å². The Bertz CT molecular complexity index is 630. The molecule has 2 aromatic rings. The number of benzene rings is 1. The van der Waals surface area contributed by atoms with E-state index in [1.165, 1.54) is 23.5 Å². The number of halogens is 1. The minimum atomic E-state index is -0.868. The largest absolute Gasteiger partial charge is 0.460 e. The molecule has 0 saturated heterocycles. The maximum Gasteiger partial charge on any atom is 0.380 e. The predicted molar refractivity (Wildman–Crippen MR) is 67.5 cm³/mol. The summed E-state index contributed by atoms with van der Waals surface area (Å²) >= 11 is 1.18. The first-order valence-electron chi connectivity index (χ1n) is 5.44. The number of carbonyl (C=O) groups is 2. The Morgan fingerprint density at radius 2 is 2.11 bits per heavy atom. The van der Waals surface area contributed by atoms with Gasteiger partial charge < -0.3 is 4.74 Å². The highest BCUT2D eigenvalue weighted by atomic mass is 32.1. The Hall–Kier alpha value is -1.75. The first-order valence-corrected chi connectivity index (χ1v) is 6.26. The average molecular weight is 266 g/mol. The summed E-state index contributed by atoms with van der Waals surface area (Å²) in [5, 5.41) is 0.660. The Kier molecular flexibility index (Phi) is 3.43. The van der Waals surface area contributed by atoms with Gasteiger partial charge >= 0.3 is 5.97 Å². The van der Waals surface area contributed by atoms with E-state index in [1.807, 2.05) is 0 Å². The number of aryl methyl sites for hydroxylation is 1. The van der Waals surface area contributed by atoms with E-state index in [1.54, 1.807) is 19.9 Å². The number of thiophene rings is 1. The van der Waals surface area contributed by atoms with E-state index >= 15 is 0 Å². The van der Waals surface area contributed by atoms with Gasteiger partial charge in [0.25, 0.3) is 5.78 Å². The smallest absolute Gasteiger partial charge is 0.380 e. The van der Waals surface area contributed by atoms with Crippen LogP contribution in [0.15, 0.2) is 18.2 Å².